The van der Waals surface area contributed by atoms with Crippen molar-refractivity contribution in [1.29, 1.82) is 0 Å². The fourth-order valence-corrected chi connectivity index (χ4v) is 3.59. The Morgan fingerprint density at radius 1 is 0.767 bits per heavy atom. The number of fused-ring (bicyclic) bond motifs is 1. The summed E-state index contributed by atoms with van der Waals surface area (Å²) >= 11 is 12.2. The van der Waals surface area contributed by atoms with Gasteiger partial charge in [0.2, 0.25) is 0 Å². The molecule has 0 saturated heterocycles. The second-order valence-electron chi connectivity index (χ2n) is 6.74. The van der Waals surface area contributed by atoms with E-state index in [4.69, 9.17) is 23.2 Å². The molecule has 0 aliphatic heterocycles. The van der Waals surface area contributed by atoms with Crippen molar-refractivity contribution in [1.82, 2.24) is 20.2 Å². The maximum atomic E-state index is 6.19. The zero-order valence-electron chi connectivity index (χ0n) is 15.6. The minimum absolute atomic E-state index is 0.494. The predicted molar refractivity (Wildman–Crippen MR) is 122 cm³/mol. The number of H-pyrrole nitrogens is 1. The van der Waals surface area contributed by atoms with Crippen LogP contribution in [-0.2, 0) is 0 Å². The van der Waals surface area contributed by atoms with Crippen LogP contribution in [0.2, 0.25) is 10.0 Å². The van der Waals surface area contributed by atoms with Crippen LogP contribution in [0.15, 0.2) is 79.1 Å². The quantitative estimate of drug-likeness (QED) is 0.330. The van der Waals surface area contributed by atoms with E-state index in [1.165, 1.54) is 0 Å². The first-order valence-corrected chi connectivity index (χ1v) is 10.0. The van der Waals surface area contributed by atoms with Gasteiger partial charge >= 0.3 is 0 Å². The van der Waals surface area contributed by atoms with Gasteiger partial charge in [0.25, 0.3) is 0 Å². The van der Waals surface area contributed by atoms with Crippen molar-refractivity contribution in [3.8, 4) is 22.5 Å². The van der Waals surface area contributed by atoms with Crippen LogP contribution in [0.3, 0.4) is 0 Å². The minimum atomic E-state index is 0.494. The molecule has 0 amide bonds. The second-order valence-corrected chi connectivity index (χ2v) is 7.56. The monoisotopic (exact) mass is 431 g/mol. The fraction of sp³-hybridized carbons (Fsp3) is 0. The average molecular weight is 432 g/mol. The summed E-state index contributed by atoms with van der Waals surface area (Å²) in [6.45, 7) is 0. The molecule has 0 spiro atoms. The molecule has 0 unspecified atom stereocenters. The maximum absolute atomic E-state index is 6.19. The maximum Gasteiger partial charge on any atom is 0.134 e. The van der Waals surface area contributed by atoms with Crippen LogP contribution < -0.4 is 5.32 Å². The number of halogens is 2. The van der Waals surface area contributed by atoms with Crippen molar-refractivity contribution in [2.24, 2.45) is 0 Å². The van der Waals surface area contributed by atoms with Crippen LogP contribution in [0.1, 0.15) is 0 Å². The summed E-state index contributed by atoms with van der Waals surface area (Å²) in [6.07, 6.45) is 1.56. The predicted octanol–water partition coefficient (Wildman–Crippen LogP) is 6.74. The average Bonchev–Trinajstić information content (AvgIpc) is 3.20. The zero-order chi connectivity index (χ0) is 20.5. The van der Waals surface area contributed by atoms with Crippen molar-refractivity contribution in [3.05, 3.63) is 89.2 Å². The number of hydrogen-bond donors (Lipinski definition) is 2. The number of hydrogen-bond acceptors (Lipinski definition) is 4. The van der Waals surface area contributed by atoms with Crippen LogP contribution in [0.5, 0.6) is 0 Å². The Hall–Kier alpha value is -3.41. The van der Waals surface area contributed by atoms with Crippen LogP contribution >= 0.6 is 23.2 Å². The molecule has 0 aliphatic carbocycles. The number of benzene rings is 3. The highest BCUT2D eigenvalue weighted by Gasteiger charge is 2.11. The molecule has 146 valence electrons. The lowest BCUT2D eigenvalue weighted by molar-refractivity contribution is 1.12. The molecule has 2 N–H and O–H groups in total. The molecule has 5 nitrogen and oxygen atoms in total. The first-order valence-electron chi connectivity index (χ1n) is 9.25. The number of nitrogens with zero attached hydrogens (tertiary/aromatic N) is 3. The van der Waals surface area contributed by atoms with Crippen LogP contribution in [0.4, 0.5) is 11.5 Å². The van der Waals surface area contributed by atoms with E-state index in [0.29, 0.717) is 15.9 Å². The highest BCUT2D eigenvalue weighted by Crippen LogP contribution is 2.33. The Morgan fingerprint density at radius 3 is 2.47 bits per heavy atom. The lowest BCUT2D eigenvalue weighted by Crippen LogP contribution is -1.95. The van der Waals surface area contributed by atoms with E-state index < -0.39 is 0 Å². The molecule has 0 saturated carbocycles. The van der Waals surface area contributed by atoms with Gasteiger partial charge in [-0.3, -0.25) is 5.10 Å². The molecule has 2 aromatic heterocycles. The molecule has 0 atom stereocenters. The summed E-state index contributed by atoms with van der Waals surface area (Å²) in [5.74, 6) is 0.711. The standard InChI is InChI=1S/C23H15Cl2N5/c24-18-8-6-15(10-19(18)25)23-17-11-16(7-9-20(17)29-30-23)28-22-12-21(26-13-27-22)14-4-2-1-3-5-14/h1-13H,(H,29,30)(H,26,27,28). The van der Waals surface area contributed by atoms with Gasteiger partial charge in [-0.05, 0) is 30.3 Å². The van der Waals surface area contributed by atoms with E-state index in [2.05, 4.69) is 25.5 Å². The third-order valence-electron chi connectivity index (χ3n) is 4.76. The van der Waals surface area contributed by atoms with Crippen molar-refractivity contribution < 1.29 is 0 Å². The third-order valence-corrected chi connectivity index (χ3v) is 5.50. The van der Waals surface area contributed by atoms with Gasteiger partial charge in [0.1, 0.15) is 17.8 Å². The topological polar surface area (TPSA) is 66.5 Å². The lowest BCUT2D eigenvalue weighted by Gasteiger charge is -2.08. The van der Waals surface area contributed by atoms with Crippen molar-refractivity contribution in [2.75, 3.05) is 5.32 Å². The number of nitrogens with one attached hydrogen (secondary N) is 2. The molecule has 5 rings (SSSR count). The molecule has 0 radical (unpaired) electrons. The Morgan fingerprint density at radius 2 is 1.63 bits per heavy atom. The van der Waals surface area contributed by atoms with E-state index in [1.54, 1.807) is 12.4 Å². The molecule has 5 aromatic rings. The van der Waals surface area contributed by atoms with Gasteiger partial charge in [-0.15, -0.1) is 0 Å². The lowest BCUT2D eigenvalue weighted by atomic mass is 10.1. The molecule has 0 aliphatic rings. The van der Waals surface area contributed by atoms with Crippen molar-refractivity contribution >= 4 is 45.6 Å². The Bertz CT molecular complexity index is 1350. The first-order chi connectivity index (χ1) is 14.7. The second kappa shape index (κ2) is 7.78. The largest absolute Gasteiger partial charge is 0.340 e. The van der Waals surface area contributed by atoms with E-state index in [0.717, 1.165) is 39.1 Å². The van der Waals surface area contributed by atoms with Gasteiger partial charge in [0.15, 0.2) is 0 Å². The summed E-state index contributed by atoms with van der Waals surface area (Å²) in [5.41, 5.74) is 5.41. The van der Waals surface area contributed by atoms with Gasteiger partial charge in [-0.25, -0.2) is 9.97 Å². The first kappa shape index (κ1) is 18.6. The number of aromatic amines is 1. The van der Waals surface area contributed by atoms with Crippen LogP contribution in [0.25, 0.3) is 33.4 Å². The van der Waals surface area contributed by atoms with Gasteiger partial charge in [0, 0.05) is 28.3 Å². The summed E-state index contributed by atoms with van der Waals surface area (Å²) in [5, 5.41) is 12.9. The van der Waals surface area contributed by atoms with Gasteiger partial charge in [0.05, 0.1) is 21.3 Å². The van der Waals surface area contributed by atoms with E-state index in [-0.39, 0.29) is 0 Å². The number of anilines is 2. The molecule has 7 heteroatoms. The highest BCUT2D eigenvalue weighted by atomic mass is 35.5. The number of aromatic nitrogens is 4. The summed E-state index contributed by atoms with van der Waals surface area (Å²) in [6, 6.07) is 23.4. The Kier molecular flexibility index (Phi) is 4.83. The van der Waals surface area contributed by atoms with E-state index >= 15 is 0 Å². The third kappa shape index (κ3) is 3.61. The molecular weight excluding hydrogens is 417 g/mol. The molecular formula is C23H15Cl2N5. The molecule has 0 bridgehead atoms. The van der Waals surface area contributed by atoms with Crippen LogP contribution in [0, 0.1) is 0 Å². The van der Waals surface area contributed by atoms with Crippen molar-refractivity contribution in [3.63, 3.8) is 0 Å². The normalized spacial score (nSPS) is 11.0. The molecule has 0 fully saturated rings. The summed E-state index contributed by atoms with van der Waals surface area (Å²) in [7, 11) is 0. The number of rotatable bonds is 4. The van der Waals surface area contributed by atoms with E-state index in [1.807, 2.05) is 66.7 Å². The van der Waals surface area contributed by atoms with Gasteiger partial charge in [-0.2, -0.15) is 5.10 Å². The fourth-order valence-electron chi connectivity index (χ4n) is 3.30. The smallest absolute Gasteiger partial charge is 0.134 e. The van der Waals surface area contributed by atoms with Gasteiger partial charge < -0.3 is 5.32 Å². The molecule has 3 aromatic carbocycles. The zero-order valence-corrected chi connectivity index (χ0v) is 17.1. The highest BCUT2D eigenvalue weighted by molar-refractivity contribution is 6.42. The Labute approximate surface area is 182 Å². The molecule has 30 heavy (non-hydrogen) atoms. The van der Waals surface area contributed by atoms with E-state index in [9.17, 15) is 0 Å². The summed E-state index contributed by atoms with van der Waals surface area (Å²) in [4.78, 5) is 8.72. The van der Waals surface area contributed by atoms with Crippen molar-refractivity contribution in [2.45, 2.75) is 0 Å². The molecule has 2 heterocycles. The SMILES string of the molecule is Clc1ccc(-c2n[nH]c3ccc(Nc4cc(-c5ccccc5)ncn4)cc23)cc1Cl. The minimum Gasteiger partial charge on any atom is -0.340 e. The summed E-state index contributed by atoms with van der Waals surface area (Å²) < 4.78 is 0. The Balaban J connectivity index is 1.49. The van der Waals surface area contributed by atoms with Gasteiger partial charge in [-0.1, -0.05) is 59.6 Å². The van der Waals surface area contributed by atoms with Crippen LogP contribution in [-0.4, -0.2) is 20.2 Å².